The van der Waals surface area contributed by atoms with E-state index >= 15 is 0 Å². The van der Waals surface area contributed by atoms with Crippen molar-refractivity contribution in [2.24, 2.45) is 35.0 Å². The summed E-state index contributed by atoms with van der Waals surface area (Å²) in [5.41, 5.74) is -0.941. The third-order valence-electron chi connectivity index (χ3n) is 8.36. The maximum absolute atomic E-state index is 13.2. The second-order valence-corrected chi connectivity index (χ2v) is 9.88. The molecule has 7 aliphatic rings. The Labute approximate surface area is 152 Å². The number of hydrogen-bond acceptors (Lipinski definition) is 5. The summed E-state index contributed by atoms with van der Waals surface area (Å²) in [7, 11) is 0. The van der Waals surface area contributed by atoms with Crippen LogP contribution in [-0.4, -0.2) is 36.1 Å². The number of carbonyl (C=O) groups is 3. The third-order valence-corrected chi connectivity index (χ3v) is 8.36. The number of ether oxygens (including phenoxy) is 2. The lowest BCUT2D eigenvalue weighted by molar-refractivity contribution is -0.160. The predicted octanol–water partition coefficient (Wildman–Crippen LogP) is 1.57. The van der Waals surface area contributed by atoms with Crippen LogP contribution in [0.1, 0.15) is 51.4 Å². The van der Waals surface area contributed by atoms with Crippen LogP contribution in [0.4, 0.5) is 0 Å². The van der Waals surface area contributed by atoms with Gasteiger partial charge in [-0.05, 0) is 69.1 Å². The molecule has 0 aromatic carbocycles. The first-order chi connectivity index (χ1) is 12.5. The van der Waals surface area contributed by atoms with E-state index in [1.807, 2.05) is 0 Å². The smallest absolute Gasteiger partial charge is 0.320 e. The zero-order valence-corrected chi connectivity index (χ0v) is 14.9. The number of cyclic esters (lactones) is 2. The van der Waals surface area contributed by atoms with Crippen LogP contribution in [0.25, 0.3) is 0 Å². The van der Waals surface area contributed by atoms with Crippen LogP contribution in [0.15, 0.2) is 0 Å². The molecule has 0 spiro atoms. The second-order valence-electron chi connectivity index (χ2n) is 9.88. The zero-order chi connectivity index (χ0) is 17.7. The van der Waals surface area contributed by atoms with Crippen molar-refractivity contribution in [1.29, 1.82) is 0 Å². The molecule has 6 nitrogen and oxygen atoms in total. The number of rotatable bonds is 3. The molecule has 3 saturated heterocycles. The van der Waals surface area contributed by atoms with Gasteiger partial charge in [0.05, 0.1) is 12.0 Å². The van der Waals surface area contributed by atoms with Gasteiger partial charge in [-0.1, -0.05) is 0 Å². The lowest BCUT2D eigenvalue weighted by Gasteiger charge is -2.55. The molecule has 1 N–H and O–H groups in total. The van der Waals surface area contributed by atoms with E-state index in [9.17, 15) is 14.4 Å². The van der Waals surface area contributed by atoms with E-state index in [1.165, 1.54) is 19.3 Å². The van der Waals surface area contributed by atoms with Gasteiger partial charge in [-0.2, -0.15) is 0 Å². The van der Waals surface area contributed by atoms with Gasteiger partial charge in [-0.3, -0.25) is 14.4 Å². The molecular formula is C20H25NO5. The van der Waals surface area contributed by atoms with Crippen molar-refractivity contribution in [1.82, 2.24) is 5.32 Å². The monoisotopic (exact) mass is 359 g/mol. The van der Waals surface area contributed by atoms with Crippen molar-refractivity contribution >= 4 is 17.8 Å². The van der Waals surface area contributed by atoms with Crippen molar-refractivity contribution in [3.05, 3.63) is 0 Å². The van der Waals surface area contributed by atoms with Gasteiger partial charge in [-0.15, -0.1) is 0 Å². The van der Waals surface area contributed by atoms with Gasteiger partial charge in [0.1, 0.15) is 11.5 Å². The Morgan fingerprint density at radius 2 is 1.69 bits per heavy atom. The second kappa shape index (κ2) is 4.89. The number of fused-ring (bicyclic) bond motifs is 5. The van der Waals surface area contributed by atoms with Gasteiger partial charge in [0.15, 0.2) is 0 Å². The Morgan fingerprint density at radius 1 is 1.04 bits per heavy atom. The van der Waals surface area contributed by atoms with E-state index in [-0.39, 0.29) is 17.4 Å². The van der Waals surface area contributed by atoms with Gasteiger partial charge in [-0.25, -0.2) is 0 Å². The van der Waals surface area contributed by atoms with Crippen LogP contribution in [0.5, 0.6) is 0 Å². The number of hydrogen-bond donors (Lipinski definition) is 1. The van der Waals surface area contributed by atoms with Gasteiger partial charge < -0.3 is 14.8 Å². The van der Waals surface area contributed by atoms with E-state index in [0.717, 1.165) is 43.4 Å². The zero-order valence-electron chi connectivity index (χ0n) is 14.9. The van der Waals surface area contributed by atoms with Crippen LogP contribution in [0, 0.1) is 35.0 Å². The fourth-order valence-corrected chi connectivity index (χ4v) is 7.76. The molecule has 4 aliphatic carbocycles. The van der Waals surface area contributed by atoms with Crippen molar-refractivity contribution in [2.45, 2.75) is 63.1 Å². The van der Waals surface area contributed by atoms with E-state index in [1.54, 1.807) is 0 Å². The molecule has 7 fully saturated rings. The highest BCUT2D eigenvalue weighted by Gasteiger charge is 2.69. The highest BCUT2D eigenvalue weighted by molar-refractivity contribution is 5.98. The molecule has 4 atom stereocenters. The molecule has 7 rings (SSSR count). The molecule has 0 aromatic rings. The molecule has 6 heteroatoms. The summed E-state index contributed by atoms with van der Waals surface area (Å²) in [6.07, 6.45) is 8.22. The summed E-state index contributed by atoms with van der Waals surface area (Å²) in [6, 6.07) is 0. The highest BCUT2D eigenvalue weighted by atomic mass is 16.6. The molecule has 3 aliphatic heterocycles. The minimum atomic E-state index is -0.740. The standard InChI is InChI=1S/C20H25NO5/c22-16-14-13-1-2-20(26-13,15(14)17(23)25-16)9-21-18(24)19-6-10-3-11(7-19)5-12(4-10)8-19/h10-15H,1-9H2,(H,21,24)/t10?,11?,12?,13-,14-,15+,19?,20-/m0/s1. The van der Waals surface area contributed by atoms with Gasteiger partial charge in [0.2, 0.25) is 5.91 Å². The molecule has 140 valence electrons. The molecule has 3 heterocycles. The summed E-state index contributed by atoms with van der Waals surface area (Å²) in [4.78, 5) is 37.4. The first kappa shape index (κ1) is 15.6. The van der Waals surface area contributed by atoms with Crippen LogP contribution < -0.4 is 5.32 Å². The Balaban J connectivity index is 1.21. The first-order valence-corrected chi connectivity index (χ1v) is 10.2. The largest absolute Gasteiger partial charge is 0.393 e. The molecular weight excluding hydrogens is 334 g/mol. The van der Waals surface area contributed by atoms with Crippen LogP contribution in [0.2, 0.25) is 0 Å². The van der Waals surface area contributed by atoms with Crippen molar-refractivity contribution < 1.29 is 23.9 Å². The Bertz CT molecular complexity index is 682. The lowest BCUT2D eigenvalue weighted by atomic mass is 9.49. The minimum absolute atomic E-state index is 0.152. The summed E-state index contributed by atoms with van der Waals surface area (Å²) in [5, 5.41) is 3.17. The average molecular weight is 359 g/mol. The van der Waals surface area contributed by atoms with Crippen LogP contribution in [0.3, 0.4) is 0 Å². The molecule has 0 radical (unpaired) electrons. The van der Waals surface area contributed by atoms with E-state index in [2.05, 4.69) is 5.32 Å². The third kappa shape index (κ3) is 1.89. The Morgan fingerprint density at radius 3 is 2.35 bits per heavy atom. The fraction of sp³-hybridized carbons (Fsp3) is 0.850. The predicted molar refractivity (Wildman–Crippen MR) is 88.5 cm³/mol. The summed E-state index contributed by atoms with van der Waals surface area (Å²) in [6.45, 7) is 0.327. The summed E-state index contributed by atoms with van der Waals surface area (Å²) < 4.78 is 11.0. The quantitative estimate of drug-likeness (QED) is 0.611. The van der Waals surface area contributed by atoms with Gasteiger partial charge >= 0.3 is 11.9 Å². The highest BCUT2D eigenvalue weighted by Crippen LogP contribution is 2.60. The number of nitrogens with one attached hydrogen (secondary N) is 1. The molecule has 0 unspecified atom stereocenters. The average Bonchev–Trinajstić information content (AvgIpc) is 3.23. The van der Waals surface area contributed by atoms with Gasteiger partial charge in [0, 0.05) is 12.0 Å². The van der Waals surface area contributed by atoms with Crippen LogP contribution in [-0.2, 0) is 23.9 Å². The Kier molecular flexibility index (Phi) is 2.93. The lowest BCUT2D eigenvalue weighted by Crippen LogP contribution is -2.56. The summed E-state index contributed by atoms with van der Waals surface area (Å²) >= 11 is 0. The van der Waals surface area contributed by atoms with Gasteiger partial charge in [0.25, 0.3) is 0 Å². The molecule has 1 amide bonds. The summed E-state index contributed by atoms with van der Waals surface area (Å²) in [5.74, 6) is 0.393. The van der Waals surface area contributed by atoms with E-state index in [0.29, 0.717) is 13.0 Å². The normalized spacial score (nSPS) is 53.1. The molecule has 6 bridgehead atoms. The molecule has 26 heavy (non-hydrogen) atoms. The van der Waals surface area contributed by atoms with Crippen molar-refractivity contribution in [3.8, 4) is 0 Å². The van der Waals surface area contributed by atoms with Crippen molar-refractivity contribution in [2.75, 3.05) is 6.54 Å². The minimum Gasteiger partial charge on any atom is -0.393 e. The van der Waals surface area contributed by atoms with Crippen molar-refractivity contribution in [3.63, 3.8) is 0 Å². The SMILES string of the molecule is O=C1OC(=O)[C@H]2[C@@H]1[C@@H]1CC[C@@]2(CNC(=O)C23CC4CC(CC(C4)C2)C3)O1. The number of esters is 2. The first-order valence-electron chi connectivity index (χ1n) is 10.2. The van der Waals surface area contributed by atoms with E-state index < -0.39 is 29.4 Å². The fourth-order valence-electron chi connectivity index (χ4n) is 7.76. The maximum Gasteiger partial charge on any atom is 0.320 e. The Hall–Kier alpha value is -1.43. The molecule has 0 aromatic heterocycles. The van der Waals surface area contributed by atoms with E-state index in [4.69, 9.17) is 9.47 Å². The van der Waals surface area contributed by atoms with Crippen LogP contribution >= 0.6 is 0 Å². The number of amides is 1. The number of carbonyl (C=O) groups excluding carboxylic acids is 3. The molecule has 4 saturated carbocycles. The maximum atomic E-state index is 13.2. The topological polar surface area (TPSA) is 81.7 Å².